The van der Waals surface area contributed by atoms with Crippen molar-refractivity contribution in [3.05, 3.63) is 40.1 Å². The first kappa shape index (κ1) is 17.0. The van der Waals surface area contributed by atoms with E-state index in [1.54, 1.807) is 6.07 Å². The molecule has 0 amide bonds. The van der Waals surface area contributed by atoms with Gasteiger partial charge in [-0.1, -0.05) is 30.3 Å². The average Bonchev–Trinajstić information content (AvgIpc) is 2.12. The van der Waals surface area contributed by atoms with Crippen LogP contribution in [0.3, 0.4) is 0 Å². The molecule has 0 aliphatic carbocycles. The Balaban J connectivity index is 0.00000256. The van der Waals surface area contributed by atoms with E-state index < -0.39 is 24.5 Å². The van der Waals surface area contributed by atoms with Crippen LogP contribution in [0.15, 0.2) is 34.6 Å². The van der Waals surface area contributed by atoms with E-state index in [9.17, 15) is 16.8 Å². The van der Waals surface area contributed by atoms with Crippen molar-refractivity contribution in [2.75, 3.05) is 0 Å². The third-order valence-electron chi connectivity index (χ3n) is 1.59. The maximum Gasteiger partial charge on any atom is 0.308 e. The molecule has 0 spiro atoms. The van der Waals surface area contributed by atoms with Crippen LogP contribution in [0.5, 0.6) is 0 Å². The van der Waals surface area contributed by atoms with E-state index in [0.717, 1.165) is 0 Å². The molecule has 0 atom stereocenters. The first-order valence-corrected chi connectivity index (χ1v) is 6.81. The van der Waals surface area contributed by atoms with Gasteiger partial charge < -0.3 is 0 Å². The topological polar surface area (TPSA) is 109 Å². The normalized spacial score (nSPS) is 11.4. The van der Waals surface area contributed by atoms with Crippen LogP contribution in [0.25, 0.3) is 6.08 Å². The van der Waals surface area contributed by atoms with Crippen molar-refractivity contribution in [2.24, 2.45) is 0 Å². The number of rotatable bonds is 3. The van der Waals surface area contributed by atoms with E-state index in [-0.39, 0.29) is 43.3 Å². The molecule has 0 saturated heterocycles. The van der Waals surface area contributed by atoms with Crippen LogP contribution in [0.1, 0.15) is 5.56 Å². The summed E-state index contributed by atoms with van der Waals surface area (Å²) < 4.78 is 58.7. The maximum absolute atomic E-state index is 10.7. The summed E-state index contributed by atoms with van der Waals surface area (Å²) in [4.78, 5) is 0. The van der Waals surface area contributed by atoms with Crippen molar-refractivity contribution < 1.29 is 25.9 Å². The molecule has 0 fully saturated rings. The molecule has 17 heavy (non-hydrogen) atoms. The van der Waals surface area contributed by atoms with E-state index in [0.29, 0.717) is 6.08 Å². The zero-order valence-corrected chi connectivity index (χ0v) is 12.4. The largest absolute Gasteiger partial charge is 0.308 e. The first-order chi connectivity index (χ1) is 7.21. The Labute approximate surface area is 129 Å². The van der Waals surface area contributed by atoms with E-state index in [1.165, 1.54) is 24.3 Å². The van der Waals surface area contributed by atoms with Crippen molar-refractivity contribution in [1.82, 2.24) is 0 Å². The van der Waals surface area contributed by atoms with Crippen molar-refractivity contribution >= 4 is 64.1 Å². The molecule has 0 aliphatic rings. The van der Waals surface area contributed by atoms with E-state index in [1.807, 2.05) is 0 Å². The molecule has 0 aromatic heterocycles. The van der Waals surface area contributed by atoms with Crippen LogP contribution in [0, 0.1) is 0 Å². The zero-order valence-electron chi connectivity index (χ0n) is 8.52. The molecule has 1 aromatic rings. The molecule has 1 rings (SSSR count). The Bertz CT molecular complexity index is 569. The van der Waals surface area contributed by atoms with Gasteiger partial charge in [0.25, 0.3) is 0 Å². The van der Waals surface area contributed by atoms with Gasteiger partial charge in [-0.25, -0.2) is 0 Å². The van der Waals surface area contributed by atoms with Gasteiger partial charge in [0.2, 0.25) is 4.24 Å². The van der Waals surface area contributed by atoms with Gasteiger partial charge in [-0.05, 0) is 11.6 Å². The van der Waals surface area contributed by atoms with Gasteiger partial charge in [0.1, 0.15) is 0 Å². The van der Waals surface area contributed by atoms with Gasteiger partial charge in [-0.3, -0.25) is 9.11 Å². The molecular weight excluding hydrogens is 296 g/mol. The van der Waals surface area contributed by atoms with E-state index in [2.05, 4.69) is 0 Å². The molecule has 90 valence electrons. The summed E-state index contributed by atoms with van der Waals surface area (Å²) in [6, 6.07) is 7.54. The first-order valence-electron chi connectivity index (χ1n) is 3.93. The molecule has 0 bridgehead atoms. The summed E-state index contributed by atoms with van der Waals surface area (Å²) in [7, 11) is -10.00. The minimum absolute atomic E-state index is 0. The van der Waals surface area contributed by atoms with Crippen LogP contribution in [0.4, 0.5) is 0 Å². The summed E-state index contributed by atoms with van der Waals surface area (Å²) in [5.74, 6) is 0. The number of benzene rings is 1. The second-order valence-electron chi connectivity index (χ2n) is 2.82. The molecule has 0 unspecified atom stereocenters. The summed E-state index contributed by atoms with van der Waals surface area (Å²) in [6.45, 7) is 0. The molecule has 6 nitrogen and oxygen atoms in total. The Morgan fingerprint density at radius 3 is 1.71 bits per heavy atom. The van der Waals surface area contributed by atoms with Gasteiger partial charge in [0.05, 0.1) is 0 Å². The average molecular weight is 304 g/mol. The fraction of sp³-hybridized carbons (Fsp3) is 0. The Hall–Kier alpha value is 0.0397. The SMILES string of the molecule is O=S(=O)(O)C(=Cc1ccccc1)S(=O)(=O)O.[Ca]. The van der Waals surface area contributed by atoms with Crippen LogP contribution in [0.2, 0.25) is 0 Å². The quantitative estimate of drug-likeness (QED) is 0.617. The van der Waals surface area contributed by atoms with Crippen molar-refractivity contribution in [1.29, 1.82) is 0 Å². The minimum Gasteiger partial charge on any atom is -0.281 e. The minimum atomic E-state index is -5.00. The molecule has 1 aromatic carbocycles. The monoisotopic (exact) mass is 304 g/mol. The predicted octanol–water partition coefficient (Wildman–Crippen LogP) is 0.380. The van der Waals surface area contributed by atoms with Crippen LogP contribution >= 0.6 is 0 Å². The molecule has 0 aliphatic heterocycles. The third kappa shape index (κ3) is 5.47. The van der Waals surface area contributed by atoms with E-state index in [4.69, 9.17) is 9.11 Å². The van der Waals surface area contributed by atoms with Crippen molar-refractivity contribution in [2.45, 2.75) is 0 Å². The summed E-state index contributed by atoms with van der Waals surface area (Å²) in [5, 5.41) is 0. The second kappa shape index (κ2) is 6.28. The maximum atomic E-state index is 10.7. The standard InChI is InChI=1S/C8H8O6S2.Ca/c9-15(10,11)8(16(12,13)14)6-7-4-2-1-3-5-7;/h1-6H,(H,9,10,11)(H,12,13,14);. The summed E-state index contributed by atoms with van der Waals surface area (Å²) in [6.07, 6.45) is 0.657. The summed E-state index contributed by atoms with van der Waals surface area (Å²) >= 11 is 0. The fourth-order valence-electron chi connectivity index (χ4n) is 0.967. The van der Waals surface area contributed by atoms with Crippen molar-refractivity contribution in [3.8, 4) is 0 Å². The smallest absolute Gasteiger partial charge is 0.281 e. The van der Waals surface area contributed by atoms with Gasteiger partial charge >= 0.3 is 20.2 Å². The second-order valence-corrected chi connectivity index (χ2v) is 5.86. The molecular formula is C8H8CaO6S2. The molecule has 0 heterocycles. The Kier molecular flexibility index (Phi) is 6.29. The van der Waals surface area contributed by atoms with E-state index >= 15 is 0 Å². The molecule has 2 radical (unpaired) electrons. The Morgan fingerprint density at radius 1 is 0.941 bits per heavy atom. The number of hydrogen-bond donors (Lipinski definition) is 2. The van der Waals surface area contributed by atoms with Crippen LogP contribution in [-0.2, 0) is 20.2 Å². The van der Waals surface area contributed by atoms with Gasteiger partial charge in [0.15, 0.2) is 0 Å². The zero-order chi connectivity index (χ0) is 12.4. The third-order valence-corrected chi connectivity index (χ3v) is 4.11. The molecule has 9 heteroatoms. The van der Waals surface area contributed by atoms with Crippen molar-refractivity contribution in [3.63, 3.8) is 0 Å². The van der Waals surface area contributed by atoms with Gasteiger partial charge in [-0.15, -0.1) is 0 Å². The van der Waals surface area contributed by atoms with Gasteiger partial charge in [-0.2, -0.15) is 16.8 Å². The molecule has 0 saturated carbocycles. The Morgan fingerprint density at radius 2 is 1.35 bits per heavy atom. The van der Waals surface area contributed by atoms with Crippen LogP contribution < -0.4 is 0 Å². The van der Waals surface area contributed by atoms with Crippen LogP contribution in [-0.4, -0.2) is 63.7 Å². The fourth-order valence-corrected chi connectivity index (χ4v) is 2.60. The molecule has 2 N–H and O–H groups in total. The predicted molar refractivity (Wildman–Crippen MR) is 63.3 cm³/mol. The van der Waals surface area contributed by atoms with Gasteiger partial charge in [0, 0.05) is 37.7 Å². The number of hydrogen-bond acceptors (Lipinski definition) is 4. The summed E-state index contributed by atoms with van der Waals surface area (Å²) in [5.41, 5.74) is 0.216.